The van der Waals surface area contributed by atoms with Crippen LogP contribution in [0.25, 0.3) is 0 Å². The van der Waals surface area contributed by atoms with Crippen LogP contribution >= 0.6 is 0 Å². The largest absolute Gasteiger partial charge is 0.447 e. The molecule has 0 unspecified atom stereocenters. The van der Waals surface area contributed by atoms with E-state index in [4.69, 9.17) is 4.42 Å². The Morgan fingerprint density at radius 3 is 2.62 bits per heavy atom. The van der Waals surface area contributed by atoms with Crippen LogP contribution in [0.15, 0.2) is 21.6 Å². The quantitative estimate of drug-likeness (QED) is 0.801. The van der Waals surface area contributed by atoms with Gasteiger partial charge in [0.05, 0.1) is 6.54 Å². The van der Waals surface area contributed by atoms with E-state index in [0.717, 1.165) is 38.9 Å². The highest BCUT2D eigenvalue weighted by atomic mass is 32.2. The highest BCUT2D eigenvalue weighted by Gasteiger charge is 2.23. The first-order valence-corrected chi connectivity index (χ1v) is 9.02. The zero-order valence-electron chi connectivity index (χ0n) is 12.8. The fourth-order valence-corrected chi connectivity index (χ4v) is 3.36. The smallest absolute Gasteiger partial charge is 0.286 e. The molecular formula is C14H25N3O3S. The van der Waals surface area contributed by atoms with Gasteiger partial charge in [-0.2, -0.15) is 0 Å². The van der Waals surface area contributed by atoms with Crippen molar-refractivity contribution in [2.24, 2.45) is 5.92 Å². The van der Waals surface area contributed by atoms with Gasteiger partial charge in [-0.3, -0.25) is 0 Å². The van der Waals surface area contributed by atoms with Gasteiger partial charge >= 0.3 is 0 Å². The first-order valence-electron chi connectivity index (χ1n) is 7.54. The van der Waals surface area contributed by atoms with Gasteiger partial charge in [0.25, 0.3) is 10.0 Å². The summed E-state index contributed by atoms with van der Waals surface area (Å²) in [7, 11) is -3.60. The lowest BCUT2D eigenvalue weighted by Crippen LogP contribution is -2.44. The van der Waals surface area contributed by atoms with Gasteiger partial charge in [-0.25, -0.2) is 13.4 Å². The van der Waals surface area contributed by atoms with Crippen molar-refractivity contribution in [3.8, 4) is 0 Å². The van der Waals surface area contributed by atoms with Crippen molar-refractivity contribution >= 4 is 10.0 Å². The lowest BCUT2D eigenvalue weighted by molar-refractivity contribution is 0.198. The maximum atomic E-state index is 12.2. The third-order valence-corrected chi connectivity index (χ3v) is 4.61. The molecule has 0 radical (unpaired) electrons. The van der Waals surface area contributed by atoms with Crippen LogP contribution in [0.4, 0.5) is 0 Å². The van der Waals surface area contributed by atoms with E-state index < -0.39 is 10.0 Å². The van der Waals surface area contributed by atoms with Crippen molar-refractivity contribution in [3.63, 3.8) is 0 Å². The summed E-state index contributed by atoms with van der Waals surface area (Å²) in [6.07, 6.45) is 3.20. The summed E-state index contributed by atoms with van der Waals surface area (Å²) >= 11 is 0. The van der Waals surface area contributed by atoms with Crippen LogP contribution in [0.5, 0.6) is 0 Å². The van der Waals surface area contributed by atoms with Gasteiger partial charge in [0.15, 0.2) is 0 Å². The third kappa shape index (κ3) is 5.10. The monoisotopic (exact) mass is 315 g/mol. The molecule has 1 aliphatic rings. The Hall–Kier alpha value is -0.890. The van der Waals surface area contributed by atoms with Gasteiger partial charge in [-0.05, 0) is 37.4 Å². The van der Waals surface area contributed by atoms with E-state index in [1.807, 2.05) is 0 Å². The van der Waals surface area contributed by atoms with Crippen molar-refractivity contribution in [1.82, 2.24) is 15.2 Å². The zero-order chi connectivity index (χ0) is 15.3. The molecule has 2 heterocycles. The molecule has 1 fully saturated rings. The Morgan fingerprint density at radius 1 is 1.24 bits per heavy atom. The molecule has 7 heteroatoms. The number of sulfonamides is 1. The van der Waals surface area contributed by atoms with E-state index in [1.165, 1.54) is 6.07 Å². The molecule has 6 nitrogen and oxygen atoms in total. The van der Waals surface area contributed by atoms with Crippen molar-refractivity contribution in [2.75, 3.05) is 19.6 Å². The summed E-state index contributed by atoms with van der Waals surface area (Å²) < 4.78 is 29.9. The highest BCUT2D eigenvalue weighted by molar-refractivity contribution is 7.89. The van der Waals surface area contributed by atoms with Crippen LogP contribution in [-0.2, 0) is 16.6 Å². The van der Waals surface area contributed by atoms with Crippen molar-refractivity contribution in [2.45, 2.75) is 44.7 Å². The Labute approximate surface area is 126 Å². The molecule has 0 amide bonds. The highest BCUT2D eigenvalue weighted by Crippen LogP contribution is 2.15. The number of furan rings is 1. The van der Waals surface area contributed by atoms with Crippen LogP contribution in [0.1, 0.15) is 38.9 Å². The van der Waals surface area contributed by atoms with Gasteiger partial charge in [0, 0.05) is 13.1 Å². The zero-order valence-corrected chi connectivity index (χ0v) is 13.6. The molecular weight excluding hydrogens is 290 g/mol. The molecule has 1 aromatic rings. The maximum absolute atomic E-state index is 12.2. The molecule has 1 aliphatic heterocycles. The average molecular weight is 315 g/mol. The SMILES string of the molecule is CC(C)CNCc1ccc(S(=O)(=O)NN2CCCCC2)o1. The fourth-order valence-electron chi connectivity index (χ4n) is 2.28. The second-order valence-electron chi connectivity index (χ2n) is 5.89. The Kier molecular flexibility index (Phi) is 5.80. The number of piperidine rings is 1. The van der Waals surface area contributed by atoms with Crippen molar-refractivity contribution in [3.05, 3.63) is 17.9 Å². The molecule has 0 saturated carbocycles. The van der Waals surface area contributed by atoms with E-state index >= 15 is 0 Å². The van der Waals surface area contributed by atoms with Crippen LogP contribution in [0.3, 0.4) is 0 Å². The summed E-state index contributed by atoms with van der Waals surface area (Å²) in [5, 5.41) is 4.96. The molecule has 0 bridgehead atoms. The van der Waals surface area contributed by atoms with E-state index in [1.54, 1.807) is 11.1 Å². The summed E-state index contributed by atoms with van der Waals surface area (Å²) in [5.74, 6) is 1.18. The van der Waals surface area contributed by atoms with Gasteiger partial charge in [-0.15, -0.1) is 4.83 Å². The predicted octanol–water partition coefficient (Wildman–Crippen LogP) is 1.70. The number of hydrogen-bond acceptors (Lipinski definition) is 5. The molecule has 2 N–H and O–H groups in total. The van der Waals surface area contributed by atoms with E-state index in [2.05, 4.69) is 24.0 Å². The number of nitrogens with zero attached hydrogens (tertiary/aromatic N) is 1. The van der Waals surface area contributed by atoms with E-state index in [0.29, 0.717) is 18.2 Å². The number of rotatable bonds is 7. The molecule has 0 aliphatic carbocycles. The molecule has 0 spiro atoms. The van der Waals surface area contributed by atoms with Crippen molar-refractivity contribution < 1.29 is 12.8 Å². The lowest BCUT2D eigenvalue weighted by atomic mass is 10.2. The molecule has 1 aromatic heterocycles. The summed E-state index contributed by atoms with van der Waals surface area (Å²) in [6.45, 7) is 7.15. The first-order chi connectivity index (χ1) is 9.97. The maximum Gasteiger partial charge on any atom is 0.286 e. The average Bonchev–Trinajstić information content (AvgIpc) is 2.88. The minimum absolute atomic E-state index is 0.0191. The van der Waals surface area contributed by atoms with E-state index in [-0.39, 0.29) is 5.09 Å². The van der Waals surface area contributed by atoms with Crippen molar-refractivity contribution in [1.29, 1.82) is 0 Å². The Morgan fingerprint density at radius 2 is 1.95 bits per heavy atom. The summed E-state index contributed by atoms with van der Waals surface area (Å²) in [6, 6.07) is 3.22. The van der Waals surface area contributed by atoms with Gasteiger partial charge < -0.3 is 9.73 Å². The lowest BCUT2D eigenvalue weighted by Gasteiger charge is -2.25. The summed E-state index contributed by atoms with van der Waals surface area (Å²) in [4.78, 5) is 2.59. The second kappa shape index (κ2) is 7.40. The normalized spacial score (nSPS) is 17.5. The van der Waals surface area contributed by atoms with Crippen LogP contribution in [0, 0.1) is 5.92 Å². The standard InChI is InChI=1S/C14H25N3O3S/c1-12(2)10-15-11-13-6-7-14(20-13)21(18,19)16-17-8-4-3-5-9-17/h6-7,12,15-16H,3-5,8-11H2,1-2H3. The molecule has 1 saturated heterocycles. The van der Waals surface area contributed by atoms with Gasteiger partial charge in [0.2, 0.25) is 5.09 Å². The van der Waals surface area contributed by atoms with Gasteiger partial charge in [-0.1, -0.05) is 20.3 Å². The third-order valence-electron chi connectivity index (χ3n) is 3.36. The molecule has 2 rings (SSSR count). The Balaban J connectivity index is 1.92. The number of hydrazine groups is 1. The fraction of sp³-hybridized carbons (Fsp3) is 0.714. The molecule has 21 heavy (non-hydrogen) atoms. The minimum atomic E-state index is -3.60. The molecule has 0 aromatic carbocycles. The summed E-state index contributed by atoms with van der Waals surface area (Å²) in [5.41, 5.74) is 0. The second-order valence-corrected chi connectivity index (χ2v) is 7.48. The first kappa shape index (κ1) is 16.5. The van der Waals surface area contributed by atoms with Crippen LogP contribution in [0.2, 0.25) is 0 Å². The molecule has 0 atom stereocenters. The molecule has 120 valence electrons. The number of nitrogens with one attached hydrogen (secondary N) is 2. The Bertz CT molecular complexity index is 533. The van der Waals surface area contributed by atoms with Crippen LogP contribution in [-0.4, -0.2) is 33.1 Å². The van der Waals surface area contributed by atoms with Crippen LogP contribution < -0.4 is 10.1 Å². The van der Waals surface area contributed by atoms with E-state index in [9.17, 15) is 8.42 Å². The topological polar surface area (TPSA) is 74.6 Å². The number of hydrogen-bond donors (Lipinski definition) is 2. The minimum Gasteiger partial charge on any atom is -0.447 e. The predicted molar refractivity (Wildman–Crippen MR) is 81.0 cm³/mol. The van der Waals surface area contributed by atoms with Gasteiger partial charge in [0.1, 0.15) is 5.76 Å².